The summed E-state index contributed by atoms with van der Waals surface area (Å²) in [6.07, 6.45) is -2.51. The summed E-state index contributed by atoms with van der Waals surface area (Å²) in [5.41, 5.74) is -1.30. The number of benzene rings is 1. The molecule has 1 aliphatic rings. The molecule has 1 aromatic carbocycles. The molecule has 1 N–H and O–H groups in total. The van der Waals surface area contributed by atoms with Gasteiger partial charge in [-0.25, -0.2) is 0 Å². The zero-order valence-electron chi connectivity index (χ0n) is 12.3. The summed E-state index contributed by atoms with van der Waals surface area (Å²) >= 11 is 0. The number of Topliss-reactive ketones (excluding diaryl/α,β-unsaturated/α-hetero) is 1. The van der Waals surface area contributed by atoms with E-state index in [1.165, 1.54) is 12.1 Å². The first-order chi connectivity index (χ1) is 9.73. The van der Waals surface area contributed by atoms with Crippen LogP contribution in [0.15, 0.2) is 24.3 Å². The minimum atomic E-state index is -4.42. The van der Waals surface area contributed by atoms with E-state index in [0.717, 1.165) is 38.1 Å². The Hall–Kier alpha value is -1.36. The van der Waals surface area contributed by atoms with Crippen molar-refractivity contribution in [3.63, 3.8) is 0 Å². The van der Waals surface area contributed by atoms with Gasteiger partial charge in [-0.05, 0) is 44.0 Å². The largest absolute Gasteiger partial charge is 0.416 e. The third kappa shape index (κ3) is 3.46. The van der Waals surface area contributed by atoms with Crippen molar-refractivity contribution in [1.29, 1.82) is 0 Å². The Kier molecular flexibility index (Phi) is 4.42. The average Bonchev–Trinajstić information content (AvgIpc) is 2.46. The average molecular weight is 299 g/mol. The number of alkyl halides is 3. The van der Waals surface area contributed by atoms with Crippen LogP contribution in [0.4, 0.5) is 13.2 Å². The Bertz CT molecular complexity index is 516. The number of ketones is 1. The van der Waals surface area contributed by atoms with Crippen LogP contribution < -0.4 is 5.32 Å². The van der Waals surface area contributed by atoms with Crippen molar-refractivity contribution in [2.45, 2.75) is 32.9 Å². The molecule has 0 amide bonds. The summed E-state index contributed by atoms with van der Waals surface area (Å²) in [4.78, 5) is 12.6. The number of nitrogens with one attached hydrogen (secondary N) is 1. The molecular weight excluding hydrogens is 279 g/mol. The predicted molar refractivity (Wildman–Crippen MR) is 75.1 cm³/mol. The van der Waals surface area contributed by atoms with Gasteiger partial charge in [-0.2, -0.15) is 13.2 Å². The zero-order valence-corrected chi connectivity index (χ0v) is 12.3. The third-order valence-electron chi connectivity index (χ3n) is 4.35. The smallest absolute Gasteiger partial charge is 0.316 e. The van der Waals surface area contributed by atoms with E-state index in [0.29, 0.717) is 0 Å². The molecule has 0 bridgehead atoms. The molecule has 0 aliphatic carbocycles. The molecule has 5 heteroatoms. The molecule has 1 fully saturated rings. The van der Waals surface area contributed by atoms with Gasteiger partial charge in [-0.15, -0.1) is 0 Å². The van der Waals surface area contributed by atoms with Crippen LogP contribution in [0.2, 0.25) is 0 Å². The number of piperidine rings is 1. The van der Waals surface area contributed by atoms with Crippen LogP contribution in [0.5, 0.6) is 0 Å². The number of hydrogen-bond acceptors (Lipinski definition) is 2. The van der Waals surface area contributed by atoms with E-state index in [2.05, 4.69) is 5.32 Å². The molecule has 1 aliphatic heterocycles. The fourth-order valence-electron chi connectivity index (χ4n) is 2.86. The Morgan fingerprint density at radius 3 is 2.57 bits per heavy atom. The van der Waals surface area contributed by atoms with Gasteiger partial charge in [0.05, 0.1) is 5.56 Å². The van der Waals surface area contributed by atoms with Crippen LogP contribution in [0.1, 0.15) is 42.6 Å². The molecule has 1 atom stereocenters. The predicted octanol–water partition coefficient (Wildman–Crippen LogP) is 3.91. The molecular formula is C16H20F3NO. The minimum absolute atomic E-state index is 0.139. The van der Waals surface area contributed by atoms with E-state index in [-0.39, 0.29) is 17.3 Å². The van der Waals surface area contributed by atoms with Crippen LogP contribution >= 0.6 is 0 Å². The SMILES string of the molecule is CC(C)(C(=O)c1cccc(C(F)(F)F)c1)C1CCCNC1. The van der Waals surface area contributed by atoms with Gasteiger partial charge >= 0.3 is 6.18 Å². The number of carbonyl (C=O) groups is 1. The third-order valence-corrected chi connectivity index (χ3v) is 4.35. The standard InChI is InChI=1S/C16H20F3NO/c1-15(2,13-7-4-8-20-10-13)14(21)11-5-3-6-12(9-11)16(17,18)19/h3,5-6,9,13,20H,4,7-8,10H2,1-2H3. The highest BCUT2D eigenvalue weighted by Gasteiger charge is 2.38. The Morgan fingerprint density at radius 1 is 1.29 bits per heavy atom. The molecule has 2 rings (SSSR count). The summed E-state index contributed by atoms with van der Waals surface area (Å²) in [6.45, 7) is 5.32. The Labute approximate surface area is 122 Å². The van der Waals surface area contributed by atoms with E-state index < -0.39 is 17.2 Å². The van der Waals surface area contributed by atoms with Crippen molar-refractivity contribution < 1.29 is 18.0 Å². The van der Waals surface area contributed by atoms with Crippen molar-refractivity contribution >= 4 is 5.78 Å². The molecule has 21 heavy (non-hydrogen) atoms. The van der Waals surface area contributed by atoms with Crippen molar-refractivity contribution in [2.24, 2.45) is 11.3 Å². The van der Waals surface area contributed by atoms with Crippen LogP contribution in [-0.4, -0.2) is 18.9 Å². The summed E-state index contributed by atoms with van der Waals surface area (Å²) < 4.78 is 38.3. The van der Waals surface area contributed by atoms with Crippen molar-refractivity contribution in [2.75, 3.05) is 13.1 Å². The fraction of sp³-hybridized carbons (Fsp3) is 0.562. The van der Waals surface area contributed by atoms with Gasteiger partial charge in [0.25, 0.3) is 0 Å². The topological polar surface area (TPSA) is 29.1 Å². The number of halogens is 3. The van der Waals surface area contributed by atoms with E-state index in [4.69, 9.17) is 0 Å². The molecule has 0 spiro atoms. The van der Waals surface area contributed by atoms with Crippen LogP contribution in [0, 0.1) is 11.3 Å². The highest BCUT2D eigenvalue weighted by Crippen LogP contribution is 2.36. The molecule has 1 heterocycles. The molecule has 2 nitrogen and oxygen atoms in total. The van der Waals surface area contributed by atoms with Crippen molar-refractivity contribution in [3.05, 3.63) is 35.4 Å². The van der Waals surface area contributed by atoms with E-state index in [9.17, 15) is 18.0 Å². The molecule has 1 unspecified atom stereocenters. The minimum Gasteiger partial charge on any atom is -0.316 e. The number of hydrogen-bond donors (Lipinski definition) is 1. The molecule has 0 saturated carbocycles. The van der Waals surface area contributed by atoms with Gasteiger partial charge < -0.3 is 5.32 Å². The summed E-state index contributed by atoms with van der Waals surface area (Å²) in [7, 11) is 0. The zero-order chi connectivity index (χ0) is 15.7. The molecule has 116 valence electrons. The summed E-state index contributed by atoms with van der Waals surface area (Å²) in [5, 5.41) is 3.25. The normalized spacial score (nSPS) is 20.3. The van der Waals surface area contributed by atoms with Gasteiger partial charge in [0.2, 0.25) is 0 Å². The lowest BCUT2D eigenvalue weighted by molar-refractivity contribution is -0.137. The Morgan fingerprint density at radius 2 is 2.00 bits per heavy atom. The second-order valence-electron chi connectivity index (χ2n) is 6.17. The van der Waals surface area contributed by atoms with Gasteiger partial charge in [0, 0.05) is 11.0 Å². The molecule has 1 saturated heterocycles. The fourth-order valence-corrected chi connectivity index (χ4v) is 2.86. The van der Waals surface area contributed by atoms with Gasteiger partial charge in [0.1, 0.15) is 0 Å². The highest BCUT2D eigenvalue weighted by atomic mass is 19.4. The maximum absolute atomic E-state index is 12.8. The lowest BCUT2D eigenvalue weighted by Crippen LogP contribution is -2.42. The number of carbonyl (C=O) groups excluding carboxylic acids is 1. The van der Waals surface area contributed by atoms with Crippen LogP contribution in [0.25, 0.3) is 0 Å². The number of rotatable bonds is 3. The highest BCUT2D eigenvalue weighted by molar-refractivity contribution is 6.00. The molecule has 1 aromatic rings. The quantitative estimate of drug-likeness (QED) is 0.857. The summed E-state index contributed by atoms with van der Waals surface area (Å²) in [5.74, 6) is -0.0735. The molecule has 0 aromatic heterocycles. The van der Waals surface area contributed by atoms with E-state index in [1.54, 1.807) is 0 Å². The second-order valence-corrected chi connectivity index (χ2v) is 6.17. The maximum atomic E-state index is 12.8. The van der Waals surface area contributed by atoms with Gasteiger partial charge in [-0.3, -0.25) is 4.79 Å². The first-order valence-corrected chi connectivity index (χ1v) is 7.15. The maximum Gasteiger partial charge on any atom is 0.416 e. The van der Waals surface area contributed by atoms with Crippen molar-refractivity contribution in [3.8, 4) is 0 Å². The lowest BCUT2D eigenvalue weighted by atomic mass is 9.70. The Balaban J connectivity index is 2.26. The van der Waals surface area contributed by atoms with E-state index in [1.807, 2.05) is 13.8 Å². The second kappa shape index (κ2) is 5.79. The van der Waals surface area contributed by atoms with Gasteiger partial charge in [0.15, 0.2) is 5.78 Å². The monoisotopic (exact) mass is 299 g/mol. The van der Waals surface area contributed by atoms with Gasteiger partial charge in [-0.1, -0.05) is 26.0 Å². The molecule has 0 radical (unpaired) electrons. The van der Waals surface area contributed by atoms with Crippen LogP contribution in [-0.2, 0) is 6.18 Å². The van der Waals surface area contributed by atoms with Crippen molar-refractivity contribution in [1.82, 2.24) is 5.32 Å². The summed E-state index contributed by atoms with van der Waals surface area (Å²) in [6, 6.07) is 4.72. The first kappa shape index (κ1) is 16.0. The van der Waals surface area contributed by atoms with E-state index >= 15 is 0 Å². The van der Waals surface area contributed by atoms with Crippen LogP contribution in [0.3, 0.4) is 0 Å². The first-order valence-electron chi connectivity index (χ1n) is 7.15. The lowest BCUT2D eigenvalue weighted by Gasteiger charge is -2.36.